The molecule has 0 radical (unpaired) electrons. The van der Waals surface area contributed by atoms with Crippen molar-refractivity contribution < 1.29 is 19.1 Å². The average molecular weight is 515 g/mol. The third-order valence-electron chi connectivity index (χ3n) is 6.20. The van der Waals surface area contributed by atoms with E-state index in [4.69, 9.17) is 5.26 Å². The lowest BCUT2D eigenvalue weighted by atomic mass is 10.0. The molecule has 1 saturated heterocycles. The maximum Gasteiger partial charge on any atom is 0.307 e. The van der Waals surface area contributed by atoms with Gasteiger partial charge in [0.1, 0.15) is 5.25 Å². The molecule has 8 nitrogen and oxygen atoms in total. The Kier molecular flexibility index (Phi) is 8.21. The van der Waals surface area contributed by atoms with Gasteiger partial charge in [-0.2, -0.15) is 10.3 Å². The van der Waals surface area contributed by atoms with Crippen molar-refractivity contribution in [3.63, 3.8) is 0 Å². The van der Waals surface area contributed by atoms with Gasteiger partial charge in [-0.1, -0.05) is 54.2 Å². The smallest absolute Gasteiger partial charge is 0.307 e. The molecule has 3 aromatic rings. The summed E-state index contributed by atoms with van der Waals surface area (Å²) >= 11 is 1.23. The quantitative estimate of drug-likeness (QED) is 0.476. The second kappa shape index (κ2) is 11.7. The topological polar surface area (TPSA) is 112 Å². The van der Waals surface area contributed by atoms with Crippen LogP contribution in [0.1, 0.15) is 34.8 Å². The summed E-state index contributed by atoms with van der Waals surface area (Å²) in [4.78, 5) is 43.8. The standard InChI is InChI=1S/C28H26N4O4S/c1-18-25(27(35)30-15-14-24(33)36-2)37-28(31-26(34)21-12-10-19(16-29)11-13-21)32(18)17-22-8-5-7-20-6-3-4-9-23(20)22/h3-13,18,25H,14-15,17H2,1-2H3,(H,30,35). The molecular weight excluding hydrogens is 488 g/mol. The van der Waals surface area contributed by atoms with E-state index in [0.717, 1.165) is 16.3 Å². The summed E-state index contributed by atoms with van der Waals surface area (Å²) in [5.74, 6) is -1.09. The minimum absolute atomic E-state index is 0.0752. The van der Waals surface area contributed by atoms with Crippen LogP contribution in [-0.4, -0.2) is 52.8 Å². The van der Waals surface area contributed by atoms with E-state index < -0.39 is 17.1 Å². The van der Waals surface area contributed by atoms with Crippen molar-refractivity contribution in [3.05, 3.63) is 83.4 Å². The second-order valence-corrected chi connectivity index (χ2v) is 9.66. The largest absolute Gasteiger partial charge is 0.469 e. The van der Waals surface area contributed by atoms with Crippen LogP contribution in [0.15, 0.2) is 71.7 Å². The summed E-state index contributed by atoms with van der Waals surface area (Å²) in [6, 6.07) is 22.2. The van der Waals surface area contributed by atoms with Crippen LogP contribution in [0.4, 0.5) is 0 Å². The van der Waals surface area contributed by atoms with E-state index in [-0.39, 0.29) is 24.9 Å². The zero-order valence-corrected chi connectivity index (χ0v) is 21.3. The number of hydrogen-bond donors (Lipinski definition) is 1. The van der Waals surface area contributed by atoms with E-state index in [1.165, 1.54) is 18.9 Å². The van der Waals surface area contributed by atoms with E-state index >= 15 is 0 Å². The number of carbonyl (C=O) groups is 3. The Morgan fingerprint density at radius 3 is 2.54 bits per heavy atom. The predicted molar refractivity (Wildman–Crippen MR) is 143 cm³/mol. The SMILES string of the molecule is COC(=O)CCNC(=O)C1SC(=NC(=O)c2ccc(C#N)cc2)N(Cc2cccc3ccccc23)C1C. The van der Waals surface area contributed by atoms with E-state index in [0.29, 0.717) is 22.8 Å². The number of hydrogen-bond acceptors (Lipinski definition) is 6. The molecule has 1 heterocycles. The number of fused-ring (bicyclic) bond motifs is 1. The molecule has 0 spiro atoms. The van der Waals surface area contributed by atoms with Crippen molar-refractivity contribution in [1.82, 2.24) is 10.2 Å². The molecule has 188 valence electrons. The average Bonchev–Trinajstić information content (AvgIpc) is 3.23. The summed E-state index contributed by atoms with van der Waals surface area (Å²) in [6.07, 6.45) is 0.0752. The molecule has 2 unspecified atom stereocenters. The van der Waals surface area contributed by atoms with Crippen molar-refractivity contribution in [3.8, 4) is 6.07 Å². The van der Waals surface area contributed by atoms with E-state index in [1.54, 1.807) is 24.3 Å². The van der Waals surface area contributed by atoms with Crippen LogP contribution in [0.2, 0.25) is 0 Å². The van der Waals surface area contributed by atoms with Gasteiger partial charge in [0.25, 0.3) is 5.91 Å². The lowest BCUT2D eigenvalue weighted by Crippen LogP contribution is -2.42. The molecule has 37 heavy (non-hydrogen) atoms. The number of thioether (sulfide) groups is 1. The summed E-state index contributed by atoms with van der Waals surface area (Å²) in [5, 5.41) is 13.9. The number of carbonyl (C=O) groups excluding carboxylic acids is 3. The number of nitrogens with one attached hydrogen (secondary N) is 1. The molecule has 0 saturated carbocycles. The van der Waals surface area contributed by atoms with Crippen molar-refractivity contribution >= 4 is 45.5 Å². The Morgan fingerprint density at radius 1 is 1.08 bits per heavy atom. The van der Waals surface area contributed by atoms with Crippen molar-refractivity contribution in [1.29, 1.82) is 5.26 Å². The molecule has 0 aromatic heterocycles. The number of amidine groups is 1. The highest BCUT2D eigenvalue weighted by atomic mass is 32.2. The molecule has 1 aliphatic rings. The molecule has 2 amide bonds. The summed E-state index contributed by atoms with van der Waals surface area (Å²) in [7, 11) is 1.30. The number of rotatable bonds is 7. The van der Waals surface area contributed by atoms with Gasteiger partial charge in [0, 0.05) is 24.7 Å². The monoisotopic (exact) mass is 514 g/mol. The molecule has 1 fully saturated rings. The molecule has 0 bridgehead atoms. The van der Waals surface area contributed by atoms with Gasteiger partial charge in [-0.3, -0.25) is 14.4 Å². The molecule has 3 aromatic carbocycles. The van der Waals surface area contributed by atoms with Crippen molar-refractivity contribution in [2.24, 2.45) is 4.99 Å². The minimum Gasteiger partial charge on any atom is -0.469 e. The van der Waals surface area contributed by atoms with Gasteiger partial charge in [-0.15, -0.1) is 0 Å². The predicted octanol–water partition coefficient (Wildman–Crippen LogP) is 3.89. The van der Waals surface area contributed by atoms with Gasteiger partial charge in [-0.25, -0.2) is 0 Å². The van der Waals surface area contributed by atoms with E-state index in [1.807, 2.05) is 60.4 Å². The Labute approximate surface area is 219 Å². The molecule has 9 heteroatoms. The highest BCUT2D eigenvalue weighted by molar-refractivity contribution is 8.15. The number of methoxy groups -OCH3 is 1. The van der Waals surface area contributed by atoms with Gasteiger partial charge in [0.05, 0.1) is 25.2 Å². The Morgan fingerprint density at radius 2 is 1.81 bits per heavy atom. The third kappa shape index (κ3) is 5.98. The molecule has 1 aliphatic heterocycles. The Balaban J connectivity index is 1.62. The lowest BCUT2D eigenvalue weighted by Gasteiger charge is -2.25. The fourth-order valence-corrected chi connectivity index (χ4v) is 5.40. The first-order valence-corrected chi connectivity index (χ1v) is 12.7. The van der Waals surface area contributed by atoms with Crippen LogP contribution in [0.25, 0.3) is 10.8 Å². The van der Waals surface area contributed by atoms with E-state index in [2.05, 4.69) is 15.0 Å². The third-order valence-corrected chi connectivity index (χ3v) is 7.60. The maximum absolute atomic E-state index is 13.0. The zero-order chi connectivity index (χ0) is 26.4. The number of aliphatic imine (C=N–C) groups is 1. The number of ether oxygens (including phenoxy) is 1. The summed E-state index contributed by atoms with van der Waals surface area (Å²) < 4.78 is 4.64. The highest BCUT2D eigenvalue weighted by Crippen LogP contribution is 2.34. The number of nitriles is 1. The molecule has 1 N–H and O–H groups in total. The Bertz CT molecular complexity index is 1390. The summed E-state index contributed by atoms with van der Waals surface area (Å²) in [6.45, 7) is 2.55. The van der Waals surface area contributed by atoms with Gasteiger partial charge >= 0.3 is 5.97 Å². The van der Waals surface area contributed by atoms with Gasteiger partial charge < -0.3 is 15.0 Å². The normalized spacial score (nSPS) is 18.0. The van der Waals surface area contributed by atoms with Crippen molar-refractivity contribution in [2.75, 3.05) is 13.7 Å². The van der Waals surface area contributed by atoms with Gasteiger partial charge in [0.15, 0.2) is 5.17 Å². The lowest BCUT2D eigenvalue weighted by molar-refractivity contribution is -0.140. The first-order chi connectivity index (χ1) is 17.9. The van der Waals surface area contributed by atoms with Crippen LogP contribution in [0.3, 0.4) is 0 Å². The maximum atomic E-state index is 13.0. The number of benzene rings is 3. The minimum atomic E-state index is -0.528. The van der Waals surface area contributed by atoms with Crippen LogP contribution in [0.5, 0.6) is 0 Å². The number of esters is 1. The van der Waals surface area contributed by atoms with Crippen LogP contribution in [-0.2, 0) is 20.9 Å². The highest BCUT2D eigenvalue weighted by Gasteiger charge is 2.41. The first-order valence-electron chi connectivity index (χ1n) is 11.8. The molecular formula is C28H26N4O4S. The fraction of sp³-hybridized carbons (Fsp3) is 0.250. The van der Waals surface area contributed by atoms with Gasteiger partial charge in [0.2, 0.25) is 5.91 Å². The zero-order valence-electron chi connectivity index (χ0n) is 20.5. The fourth-order valence-electron chi connectivity index (χ4n) is 4.14. The molecule has 4 rings (SSSR count). The molecule has 0 aliphatic carbocycles. The van der Waals surface area contributed by atoms with Gasteiger partial charge in [-0.05, 0) is 47.5 Å². The second-order valence-electron chi connectivity index (χ2n) is 8.55. The van der Waals surface area contributed by atoms with E-state index in [9.17, 15) is 14.4 Å². The number of amides is 2. The van der Waals surface area contributed by atoms with Crippen LogP contribution < -0.4 is 5.32 Å². The molecule has 2 atom stereocenters. The summed E-state index contributed by atoms with van der Waals surface area (Å²) in [5.41, 5.74) is 1.86. The van der Waals surface area contributed by atoms with Crippen LogP contribution in [0, 0.1) is 11.3 Å². The van der Waals surface area contributed by atoms with Crippen molar-refractivity contribution in [2.45, 2.75) is 31.2 Å². The first kappa shape index (κ1) is 25.9. The van der Waals surface area contributed by atoms with Crippen LogP contribution >= 0.6 is 11.8 Å². The Hall–Kier alpha value is -4.16. The number of nitrogens with zero attached hydrogens (tertiary/aromatic N) is 3.